The highest BCUT2D eigenvalue weighted by Crippen LogP contribution is 2.19. The van der Waals surface area contributed by atoms with E-state index < -0.39 is 18.0 Å². The van der Waals surface area contributed by atoms with Crippen LogP contribution in [0.2, 0.25) is 0 Å². The predicted molar refractivity (Wildman–Crippen MR) is 83.4 cm³/mol. The third-order valence-electron chi connectivity index (χ3n) is 3.32. The molecule has 0 aliphatic heterocycles. The van der Waals surface area contributed by atoms with Crippen molar-refractivity contribution < 1.29 is 9.59 Å². The maximum absolute atomic E-state index is 12.2. The molecular weight excluding hydrogens is 266 g/mol. The van der Waals surface area contributed by atoms with Gasteiger partial charge in [-0.05, 0) is 26.3 Å². The number of hydrogen-bond donors (Lipinski definition) is 3. The molecule has 0 fully saturated rings. The van der Waals surface area contributed by atoms with Gasteiger partial charge >= 0.3 is 0 Å². The predicted octanol–water partition coefficient (Wildman–Crippen LogP) is 1.35. The van der Waals surface area contributed by atoms with E-state index in [-0.39, 0.29) is 17.9 Å². The summed E-state index contributed by atoms with van der Waals surface area (Å²) < 4.78 is 0. The van der Waals surface area contributed by atoms with Crippen LogP contribution in [0.1, 0.15) is 39.3 Å². The van der Waals surface area contributed by atoms with Gasteiger partial charge in [0.15, 0.2) is 0 Å². The third-order valence-corrected chi connectivity index (χ3v) is 3.32. The van der Waals surface area contributed by atoms with E-state index in [1.54, 1.807) is 13.8 Å². The molecule has 116 valence electrons. The molecule has 2 amide bonds. The van der Waals surface area contributed by atoms with Crippen molar-refractivity contribution in [1.29, 1.82) is 0 Å². The van der Waals surface area contributed by atoms with Crippen molar-refractivity contribution in [3.05, 3.63) is 35.9 Å². The van der Waals surface area contributed by atoms with Crippen LogP contribution in [0.15, 0.2) is 30.3 Å². The SMILES string of the molecule is CC(C)NC(=O)C(C)NC(=O)C(C)C(N)c1ccccc1. The number of carbonyl (C=O) groups is 2. The quantitative estimate of drug-likeness (QED) is 0.739. The largest absolute Gasteiger partial charge is 0.352 e. The average Bonchev–Trinajstić information content (AvgIpc) is 2.45. The summed E-state index contributed by atoms with van der Waals surface area (Å²) in [6.07, 6.45) is 0. The Hall–Kier alpha value is -1.88. The van der Waals surface area contributed by atoms with Crippen LogP contribution in [0.5, 0.6) is 0 Å². The molecule has 1 aromatic rings. The van der Waals surface area contributed by atoms with Crippen LogP contribution in [-0.2, 0) is 9.59 Å². The summed E-state index contributed by atoms with van der Waals surface area (Å²) in [6.45, 7) is 7.18. The molecule has 4 N–H and O–H groups in total. The van der Waals surface area contributed by atoms with Gasteiger partial charge in [0.05, 0.1) is 5.92 Å². The summed E-state index contributed by atoms with van der Waals surface area (Å²) in [5, 5.41) is 5.47. The maximum Gasteiger partial charge on any atom is 0.242 e. The van der Waals surface area contributed by atoms with E-state index in [0.717, 1.165) is 5.56 Å². The lowest BCUT2D eigenvalue weighted by molar-refractivity contribution is -0.131. The number of nitrogens with one attached hydrogen (secondary N) is 2. The van der Waals surface area contributed by atoms with Crippen molar-refractivity contribution in [3.8, 4) is 0 Å². The number of carbonyl (C=O) groups excluding carboxylic acids is 2. The zero-order chi connectivity index (χ0) is 16.0. The standard InChI is InChI=1S/C16H25N3O2/c1-10(2)18-16(21)12(4)19-15(20)11(3)14(17)13-8-6-5-7-9-13/h5-12,14H,17H2,1-4H3,(H,18,21)(H,19,20). The normalized spacial score (nSPS) is 15.1. The van der Waals surface area contributed by atoms with E-state index in [2.05, 4.69) is 10.6 Å². The number of amides is 2. The first-order valence-electron chi connectivity index (χ1n) is 7.24. The maximum atomic E-state index is 12.2. The minimum absolute atomic E-state index is 0.0425. The third kappa shape index (κ3) is 5.19. The number of hydrogen-bond acceptors (Lipinski definition) is 3. The first-order chi connectivity index (χ1) is 9.82. The van der Waals surface area contributed by atoms with Gasteiger partial charge in [-0.1, -0.05) is 37.3 Å². The van der Waals surface area contributed by atoms with Crippen LogP contribution < -0.4 is 16.4 Å². The lowest BCUT2D eigenvalue weighted by Crippen LogP contribution is -2.49. The van der Waals surface area contributed by atoms with E-state index in [1.165, 1.54) is 0 Å². The van der Waals surface area contributed by atoms with Gasteiger partial charge in [-0.3, -0.25) is 9.59 Å². The monoisotopic (exact) mass is 291 g/mol. The van der Waals surface area contributed by atoms with Gasteiger partial charge in [-0.15, -0.1) is 0 Å². The Balaban J connectivity index is 2.60. The van der Waals surface area contributed by atoms with Crippen LogP contribution >= 0.6 is 0 Å². The van der Waals surface area contributed by atoms with Gasteiger partial charge in [0.1, 0.15) is 6.04 Å². The van der Waals surface area contributed by atoms with E-state index in [1.807, 2.05) is 44.2 Å². The molecule has 0 spiro atoms. The number of rotatable bonds is 6. The second kappa shape index (κ2) is 7.78. The molecule has 1 aromatic carbocycles. The zero-order valence-corrected chi connectivity index (χ0v) is 13.1. The zero-order valence-electron chi connectivity index (χ0n) is 13.1. The molecule has 5 nitrogen and oxygen atoms in total. The summed E-state index contributed by atoms with van der Waals surface area (Å²) in [5.41, 5.74) is 7.01. The molecule has 3 unspecified atom stereocenters. The Bertz CT molecular complexity index is 474. The molecule has 0 saturated heterocycles. The molecule has 1 rings (SSSR count). The van der Waals surface area contributed by atoms with Crippen LogP contribution in [0.25, 0.3) is 0 Å². The fourth-order valence-corrected chi connectivity index (χ4v) is 1.95. The average molecular weight is 291 g/mol. The van der Waals surface area contributed by atoms with Crippen LogP contribution in [-0.4, -0.2) is 23.9 Å². The van der Waals surface area contributed by atoms with Gasteiger partial charge in [0.2, 0.25) is 11.8 Å². The minimum Gasteiger partial charge on any atom is -0.352 e. The van der Waals surface area contributed by atoms with Crippen molar-refractivity contribution in [2.24, 2.45) is 11.7 Å². The van der Waals surface area contributed by atoms with Gasteiger partial charge in [-0.25, -0.2) is 0 Å². The van der Waals surface area contributed by atoms with E-state index in [4.69, 9.17) is 5.73 Å². The first-order valence-corrected chi connectivity index (χ1v) is 7.24. The van der Waals surface area contributed by atoms with Crippen LogP contribution in [0, 0.1) is 5.92 Å². The molecule has 0 aromatic heterocycles. The van der Waals surface area contributed by atoms with Crippen molar-refractivity contribution in [1.82, 2.24) is 10.6 Å². The minimum atomic E-state index is -0.578. The molecule has 21 heavy (non-hydrogen) atoms. The Morgan fingerprint density at radius 1 is 0.952 bits per heavy atom. The summed E-state index contributed by atoms with van der Waals surface area (Å²) in [5.74, 6) is -0.835. The lowest BCUT2D eigenvalue weighted by atomic mass is 9.94. The van der Waals surface area contributed by atoms with Gasteiger partial charge in [0, 0.05) is 12.1 Å². The highest BCUT2D eigenvalue weighted by Gasteiger charge is 2.25. The Morgan fingerprint density at radius 2 is 1.52 bits per heavy atom. The van der Waals surface area contributed by atoms with E-state index in [9.17, 15) is 9.59 Å². The Labute approximate surface area is 126 Å². The summed E-state index contributed by atoms with van der Waals surface area (Å²) in [7, 11) is 0. The number of benzene rings is 1. The fraction of sp³-hybridized carbons (Fsp3) is 0.500. The first kappa shape index (κ1) is 17.2. The van der Waals surface area contributed by atoms with Crippen molar-refractivity contribution >= 4 is 11.8 Å². The van der Waals surface area contributed by atoms with Gasteiger partial charge in [-0.2, -0.15) is 0 Å². The summed E-state index contributed by atoms with van der Waals surface area (Å²) >= 11 is 0. The lowest BCUT2D eigenvalue weighted by Gasteiger charge is -2.22. The van der Waals surface area contributed by atoms with Gasteiger partial charge in [0.25, 0.3) is 0 Å². The summed E-state index contributed by atoms with van der Waals surface area (Å²) in [6, 6.07) is 8.53. The molecule has 0 bridgehead atoms. The smallest absolute Gasteiger partial charge is 0.242 e. The molecular formula is C16H25N3O2. The molecule has 0 heterocycles. The van der Waals surface area contributed by atoms with E-state index in [0.29, 0.717) is 0 Å². The van der Waals surface area contributed by atoms with Crippen LogP contribution in [0.4, 0.5) is 0 Å². The van der Waals surface area contributed by atoms with Crippen molar-refractivity contribution in [2.75, 3.05) is 0 Å². The van der Waals surface area contributed by atoms with Crippen LogP contribution in [0.3, 0.4) is 0 Å². The van der Waals surface area contributed by atoms with E-state index >= 15 is 0 Å². The topological polar surface area (TPSA) is 84.2 Å². The van der Waals surface area contributed by atoms with Crippen molar-refractivity contribution in [3.63, 3.8) is 0 Å². The second-order valence-electron chi connectivity index (χ2n) is 5.62. The number of nitrogens with two attached hydrogens (primary N) is 1. The highest BCUT2D eigenvalue weighted by atomic mass is 16.2. The molecule has 0 radical (unpaired) electrons. The second-order valence-corrected chi connectivity index (χ2v) is 5.62. The van der Waals surface area contributed by atoms with Crippen molar-refractivity contribution in [2.45, 2.75) is 45.8 Å². The highest BCUT2D eigenvalue weighted by molar-refractivity contribution is 5.88. The molecule has 3 atom stereocenters. The molecule has 0 aliphatic carbocycles. The molecule has 0 saturated carbocycles. The Kier molecular flexibility index (Phi) is 6.37. The van der Waals surface area contributed by atoms with Gasteiger partial charge < -0.3 is 16.4 Å². The summed E-state index contributed by atoms with van der Waals surface area (Å²) in [4.78, 5) is 24.0. The molecule has 5 heteroatoms. The molecule has 0 aliphatic rings. The Morgan fingerprint density at radius 3 is 2.05 bits per heavy atom. The fourth-order valence-electron chi connectivity index (χ4n) is 1.95.